The van der Waals surface area contributed by atoms with Crippen molar-refractivity contribution in [2.24, 2.45) is 0 Å². The molecule has 45 heavy (non-hydrogen) atoms. The standard InChI is InChI=1S/2C18H36O2.C2H6O2.Mg/c2*1-2-3-4-5-6-7-8-9-10-11-12-13-14-15-16-17-18(19)20;3-1-2-4;/h2*2-17H2,1H3,(H,19,20);3-4H,1-2H2;/q;;;+2/p-2. The Morgan fingerprint density at radius 1 is 0.356 bits per heavy atom. The second kappa shape index (κ2) is 50.5. The molecule has 0 heterocycles. The van der Waals surface area contributed by atoms with Crippen molar-refractivity contribution in [3.05, 3.63) is 0 Å². The molecule has 7 heteroatoms. The van der Waals surface area contributed by atoms with Crippen molar-refractivity contribution in [1.82, 2.24) is 0 Å². The first kappa shape index (κ1) is 51.5. The van der Waals surface area contributed by atoms with Gasteiger partial charge in [0.25, 0.3) is 0 Å². The molecule has 0 aliphatic rings. The zero-order valence-corrected chi connectivity index (χ0v) is 31.7. The maximum absolute atomic E-state index is 10.2. The number of hydrogen-bond acceptors (Lipinski definition) is 6. The van der Waals surface area contributed by atoms with E-state index in [9.17, 15) is 19.8 Å². The van der Waals surface area contributed by atoms with Crippen LogP contribution < -0.4 is 10.2 Å². The van der Waals surface area contributed by atoms with Crippen LogP contribution in [0.1, 0.15) is 219 Å². The Labute approximate surface area is 296 Å². The van der Waals surface area contributed by atoms with Gasteiger partial charge >= 0.3 is 23.1 Å². The van der Waals surface area contributed by atoms with E-state index in [1.807, 2.05) is 0 Å². The van der Waals surface area contributed by atoms with E-state index in [0.717, 1.165) is 25.7 Å². The number of carboxylic acid groups (broad SMARTS) is 2. The Kier molecular flexibility index (Phi) is 57.7. The molecule has 0 amide bonds. The molecule has 0 radical (unpaired) electrons. The van der Waals surface area contributed by atoms with Crippen molar-refractivity contribution in [3.8, 4) is 0 Å². The van der Waals surface area contributed by atoms with E-state index in [1.54, 1.807) is 0 Å². The van der Waals surface area contributed by atoms with Crippen molar-refractivity contribution in [2.45, 2.75) is 219 Å². The van der Waals surface area contributed by atoms with Crippen LogP contribution in [0.15, 0.2) is 0 Å². The Hall–Kier alpha value is -0.374. The van der Waals surface area contributed by atoms with Gasteiger partial charge in [0, 0.05) is 11.9 Å². The summed E-state index contributed by atoms with van der Waals surface area (Å²) in [4.78, 5) is 20.4. The maximum atomic E-state index is 10.2. The number of carbonyl (C=O) groups excluding carboxylic acids is 2. The van der Waals surface area contributed by atoms with Crippen LogP contribution in [0.2, 0.25) is 0 Å². The van der Waals surface area contributed by atoms with Crippen molar-refractivity contribution >= 4 is 35.0 Å². The van der Waals surface area contributed by atoms with E-state index in [2.05, 4.69) is 13.8 Å². The Morgan fingerprint density at radius 2 is 0.511 bits per heavy atom. The third-order valence-corrected chi connectivity index (χ3v) is 8.07. The smallest absolute Gasteiger partial charge is 0.550 e. The summed E-state index contributed by atoms with van der Waals surface area (Å²) in [5.41, 5.74) is 0. The van der Waals surface area contributed by atoms with Crippen molar-refractivity contribution in [3.63, 3.8) is 0 Å². The molecule has 0 aromatic heterocycles. The Bertz CT molecular complexity index is 486. The number of aliphatic hydroxyl groups excluding tert-OH is 2. The van der Waals surface area contributed by atoms with Crippen LogP contribution in [-0.2, 0) is 9.59 Å². The van der Waals surface area contributed by atoms with E-state index < -0.39 is 11.9 Å². The molecule has 0 aliphatic carbocycles. The van der Waals surface area contributed by atoms with Crippen LogP contribution in [0.25, 0.3) is 0 Å². The first-order chi connectivity index (χ1) is 21.5. The minimum atomic E-state index is -0.903. The summed E-state index contributed by atoms with van der Waals surface area (Å²) in [6, 6.07) is 0. The van der Waals surface area contributed by atoms with Gasteiger partial charge in [0.05, 0.1) is 13.2 Å². The molecule has 0 unspecified atom stereocenters. The molecule has 0 saturated carbocycles. The first-order valence-corrected chi connectivity index (χ1v) is 19.1. The fourth-order valence-electron chi connectivity index (χ4n) is 5.28. The van der Waals surface area contributed by atoms with Crippen molar-refractivity contribution < 1.29 is 30.0 Å². The van der Waals surface area contributed by atoms with Gasteiger partial charge in [-0.25, -0.2) is 0 Å². The molecule has 2 N–H and O–H groups in total. The maximum Gasteiger partial charge on any atom is 2.00 e. The molecule has 0 spiro atoms. The predicted octanol–water partition coefficient (Wildman–Crippen LogP) is 8.59. The summed E-state index contributed by atoms with van der Waals surface area (Å²) in [6.07, 6.45) is 39.7. The number of carbonyl (C=O) groups is 2. The molecule has 0 aromatic carbocycles. The van der Waals surface area contributed by atoms with E-state index in [4.69, 9.17) is 10.2 Å². The van der Waals surface area contributed by atoms with Gasteiger partial charge in [-0.05, 0) is 25.7 Å². The van der Waals surface area contributed by atoms with Crippen molar-refractivity contribution in [1.29, 1.82) is 0 Å². The normalized spacial score (nSPS) is 10.3. The number of carboxylic acids is 2. The monoisotopic (exact) mass is 653 g/mol. The minimum Gasteiger partial charge on any atom is -0.550 e. The fourth-order valence-corrected chi connectivity index (χ4v) is 5.28. The summed E-state index contributed by atoms with van der Waals surface area (Å²) < 4.78 is 0. The van der Waals surface area contributed by atoms with Crippen LogP contribution in [0.5, 0.6) is 0 Å². The van der Waals surface area contributed by atoms with Crippen molar-refractivity contribution in [2.75, 3.05) is 13.2 Å². The summed E-state index contributed by atoms with van der Waals surface area (Å²) in [6.45, 7) is 4.28. The number of unbranched alkanes of at least 4 members (excludes halogenated alkanes) is 28. The second-order valence-corrected chi connectivity index (χ2v) is 12.6. The molecule has 0 saturated heterocycles. The van der Waals surface area contributed by atoms with Crippen LogP contribution in [0.4, 0.5) is 0 Å². The zero-order chi connectivity index (χ0) is 33.2. The summed E-state index contributed by atoms with van der Waals surface area (Å²) in [5, 5.41) is 35.7. The van der Waals surface area contributed by atoms with E-state index in [1.165, 1.54) is 167 Å². The molecule has 0 aromatic rings. The van der Waals surface area contributed by atoms with Gasteiger partial charge in [0.1, 0.15) is 0 Å². The van der Waals surface area contributed by atoms with Crippen LogP contribution in [0, 0.1) is 0 Å². The van der Waals surface area contributed by atoms with Gasteiger partial charge in [-0.15, -0.1) is 0 Å². The van der Waals surface area contributed by atoms with Gasteiger partial charge in [-0.2, -0.15) is 0 Å². The SMILES string of the molecule is CCCCCCCCCCCCCCCCCC(=O)[O-].CCCCCCCCCCCCCCCCCC(=O)[O-].OCCO.[Mg+2]. The Balaban J connectivity index is -0.000000327. The summed E-state index contributed by atoms with van der Waals surface area (Å²) >= 11 is 0. The van der Waals surface area contributed by atoms with Gasteiger partial charge < -0.3 is 30.0 Å². The van der Waals surface area contributed by atoms with Gasteiger partial charge in [0.15, 0.2) is 0 Å². The molecule has 0 rings (SSSR count). The molecular weight excluding hydrogens is 577 g/mol. The summed E-state index contributed by atoms with van der Waals surface area (Å²) in [7, 11) is 0. The van der Waals surface area contributed by atoms with Gasteiger partial charge in [0.2, 0.25) is 0 Å². The Morgan fingerprint density at radius 3 is 0.644 bits per heavy atom. The number of aliphatic carboxylic acids is 2. The number of hydrogen-bond donors (Lipinski definition) is 2. The van der Waals surface area contributed by atoms with Crippen LogP contribution in [-0.4, -0.2) is 58.4 Å². The zero-order valence-electron chi connectivity index (χ0n) is 30.3. The third-order valence-electron chi connectivity index (χ3n) is 8.07. The van der Waals surface area contributed by atoms with Gasteiger partial charge in [-0.1, -0.05) is 194 Å². The number of aliphatic hydroxyl groups is 2. The third kappa shape index (κ3) is 63.0. The molecule has 0 bridgehead atoms. The van der Waals surface area contributed by atoms with E-state index in [-0.39, 0.29) is 49.1 Å². The molecule has 266 valence electrons. The minimum absolute atomic E-state index is 0. The van der Waals surface area contributed by atoms with Gasteiger partial charge in [-0.3, -0.25) is 0 Å². The predicted molar refractivity (Wildman–Crippen MR) is 189 cm³/mol. The fraction of sp³-hybridized carbons (Fsp3) is 0.947. The topological polar surface area (TPSA) is 121 Å². The molecule has 6 nitrogen and oxygen atoms in total. The first-order valence-electron chi connectivity index (χ1n) is 19.1. The number of rotatable bonds is 33. The molecule has 0 aliphatic heterocycles. The van der Waals surface area contributed by atoms with E-state index in [0.29, 0.717) is 0 Å². The quantitative estimate of drug-likeness (QED) is 0.0541. The summed E-state index contributed by atoms with van der Waals surface area (Å²) in [5.74, 6) is -1.81. The second-order valence-electron chi connectivity index (χ2n) is 12.6. The van der Waals surface area contributed by atoms with Crippen LogP contribution in [0.3, 0.4) is 0 Å². The average Bonchev–Trinajstić information content (AvgIpc) is 3.01. The largest absolute Gasteiger partial charge is 2.00 e. The van der Waals surface area contributed by atoms with Crippen LogP contribution >= 0.6 is 0 Å². The molecule has 0 fully saturated rings. The molecular formula is C38H76MgO6. The average molecular weight is 653 g/mol. The van der Waals surface area contributed by atoms with E-state index >= 15 is 0 Å². The molecule has 0 atom stereocenters.